The maximum absolute atomic E-state index is 12.7. The number of carbonyl (C=O) groups excluding carboxylic acids is 2. The van der Waals surface area contributed by atoms with E-state index >= 15 is 0 Å². The van der Waals surface area contributed by atoms with Crippen LogP contribution in [0, 0.1) is 5.92 Å². The Kier molecular flexibility index (Phi) is 5.45. The SMILES string of the molecule is CCC(=O)N1[C@@H](C(=O)NC[C@@H]2CCCO2)CO[C@]12CCC[C@H](C)C2. The number of hydrogen-bond acceptors (Lipinski definition) is 4. The topological polar surface area (TPSA) is 67.9 Å². The molecule has 0 aromatic heterocycles. The van der Waals surface area contributed by atoms with Crippen LogP contribution in [0.25, 0.3) is 0 Å². The van der Waals surface area contributed by atoms with Gasteiger partial charge in [0.15, 0.2) is 0 Å². The van der Waals surface area contributed by atoms with Crippen molar-refractivity contribution in [2.45, 2.75) is 76.7 Å². The van der Waals surface area contributed by atoms with E-state index in [4.69, 9.17) is 9.47 Å². The highest BCUT2D eigenvalue weighted by Crippen LogP contribution is 2.43. The lowest BCUT2D eigenvalue weighted by Gasteiger charge is -2.43. The molecule has 6 nitrogen and oxygen atoms in total. The first-order valence-electron chi connectivity index (χ1n) is 9.41. The molecule has 2 heterocycles. The number of nitrogens with zero attached hydrogens (tertiary/aromatic N) is 1. The number of amides is 2. The summed E-state index contributed by atoms with van der Waals surface area (Å²) in [5.41, 5.74) is -0.573. The average Bonchev–Trinajstić information content (AvgIpc) is 3.20. The molecular formula is C18H30N2O4. The highest BCUT2D eigenvalue weighted by molar-refractivity contribution is 5.88. The maximum Gasteiger partial charge on any atom is 0.245 e. The number of hydrogen-bond donors (Lipinski definition) is 1. The van der Waals surface area contributed by atoms with E-state index in [1.54, 1.807) is 4.90 Å². The molecule has 6 heteroatoms. The van der Waals surface area contributed by atoms with Crippen LogP contribution in [0.3, 0.4) is 0 Å². The molecular weight excluding hydrogens is 308 g/mol. The Morgan fingerprint density at radius 2 is 2.12 bits per heavy atom. The van der Waals surface area contributed by atoms with Crippen molar-refractivity contribution in [3.8, 4) is 0 Å². The summed E-state index contributed by atoms with van der Waals surface area (Å²) in [6.45, 7) is 5.64. The van der Waals surface area contributed by atoms with Crippen molar-refractivity contribution in [1.82, 2.24) is 10.2 Å². The van der Waals surface area contributed by atoms with Crippen molar-refractivity contribution >= 4 is 11.8 Å². The summed E-state index contributed by atoms with van der Waals surface area (Å²) in [4.78, 5) is 27.1. The number of nitrogens with one attached hydrogen (secondary N) is 1. The molecule has 0 bridgehead atoms. The van der Waals surface area contributed by atoms with Gasteiger partial charge in [0.2, 0.25) is 11.8 Å². The molecule has 4 atom stereocenters. The zero-order valence-electron chi connectivity index (χ0n) is 14.9. The molecule has 1 spiro atoms. The molecule has 0 unspecified atom stereocenters. The minimum absolute atomic E-state index is 0.0128. The van der Waals surface area contributed by atoms with Crippen LogP contribution in [0.2, 0.25) is 0 Å². The molecule has 136 valence electrons. The van der Waals surface area contributed by atoms with E-state index in [1.165, 1.54) is 0 Å². The van der Waals surface area contributed by atoms with Crippen LogP contribution in [0.5, 0.6) is 0 Å². The van der Waals surface area contributed by atoms with Crippen molar-refractivity contribution < 1.29 is 19.1 Å². The highest BCUT2D eigenvalue weighted by atomic mass is 16.5. The van der Waals surface area contributed by atoms with Crippen molar-refractivity contribution in [3.63, 3.8) is 0 Å². The smallest absolute Gasteiger partial charge is 0.245 e. The van der Waals surface area contributed by atoms with Crippen LogP contribution >= 0.6 is 0 Å². The van der Waals surface area contributed by atoms with Gasteiger partial charge in [0, 0.05) is 19.6 Å². The maximum atomic E-state index is 12.7. The molecule has 3 rings (SSSR count). The molecule has 2 saturated heterocycles. The minimum atomic E-state index is -0.573. The van der Waals surface area contributed by atoms with Gasteiger partial charge < -0.3 is 14.8 Å². The molecule has 0 radical (unpaired) electrons. The van der Waals surface area contributed by atoms with Crippen molar-refractivity contribution in [2.24, 2.45) is 5.92 Å². The third kappa shape index (κ3) is 3.45. The lowest BCUT2D eigenvalue weighted by molar-refractivity contribution is -0.162. The van der Waals surface area contributed by atoms with Gasteiger partial charge in [-0.25, -0.2) is 0 Å². The van der Waals surface area contributed by atoms with Crippen LogP contribution in [0.15, 0.2) is 0 Å². The van der Waals surface area contributed by atoms with Gasteiger partial charge in [-0.1, -0.05) is 20.3 Å². The first-order chi connectivity index (χ1) is 11.6. The molecule has 24 heavy (non-hydrogen) atoms. The van der Waals surface area contributed by atoms with Crippen LogP contribution in [0.4, 0.5) is 0 Å². The Morgan fingerprint density at radius 1 is 1.29 bits per heavy atom. The fourth-order valence-corrected chi connectivity index (χ4v) is 4.39. The van der Waals surface area contributed by atoms with Gasteiger partial charge in [-0.3, -0.25) is 14.5 Å². The first-order valence-corrected chi connectivity index (χ1v) is 9.41. The summed E-state index contributed by atoms with van der Waals surface area (Å²) in [5, 5.41) is 2.97. The van der Waals surface area contributed by atoms with Gasteiger partial charge in [-0.05, 0) is 38.0 Å². The van der Waals surface area contributed by atoms with Crippen LogP contribution < -0.4 is 5.32 Å². The van der Waals surface area contributed by atoms with E-state index < -0.39 is 11.8 Å². The predicted molar refractivity (Wildman–Crippen MR) is 89.2 cm³/mol. The Labute approximate surface area is 144 Å². The molecule has 1 N–H and O–H groups in total. The summed E-state index contributed by atoms with van der Waals surface area (Å²) >= 11 is 0. The normalized spacial score (nSPS) is 36.2. The third-order valence-corrected chi connectivity index (χ3v) is 5.59. The van der Waals surface area contributed by atoms with Gasteiger partial charge >= 0.3 is 0 Å². The quantitative estimate of drug-likeness (QED) is 0.849. The van der Waals surface area contributed by atoms with E-state index in [1.807, 2.05) is 6.92 Å². The molecule has 1 saturated carbocycles. The first kappa shape index (κ1) is 17.7. The fraction of sp³-hybridized carbons (Fsp3) is 0.889. The molecule has 3 fully saturated rings. The van der Waals surface area contributed by atoms with E-state index in [0.717, 1.165) is 45.1 Å². The Morgan fingerprint density at radius 3 is 2.79 bits per heavy atom. The Balaban J connectivity index is 1.69. The zero-order chi connectivity index (χ0) is 17.2. The summed E-state index contributed by atoms with van der Waals surface area (Å²) in [6, 6.07) is -0.510. The van der Waals surface area contributed by atoms with Crippen molar-refractivity contribution in [3.05, 3.63) is 0 Å². The average molecular weight is 338 g/mol. The number of rotatable bonds is 4. The predicted octanol–water partition coefficient (Wildman–Crippen LogP) is 1.83. The summed E-state index contributed by atoms with van der Waals surface area (Å²) in [6.07, 6.45) is 6.40. The fourth-order valence-electron chi connectivity index (χ4n) is 4.39. The second-order valence-corrected chi connectivity index (χ2v) is 7.47. The Bertz CT molecular complexity index is 478. The van der Waals surface area contributed by atoms with Crippen molar-refractivity contribution in [1.29, 1.82) is 0 Å². The zero-order valence-corrected chi connectivity index (χ0v) is 14.9. The summed E-state index contributed by atoms with van der Waals surface area (Å²) in [5.74, 6) is 0.417. The van der Waals surface area contributed by atoms with Gasteiger partial charge in [0.25, 0.3) is 0 Å². The van der Waals surface area contributed by atoms with E-state index in [9.17, 15) is 9.59 Å². The van der Waals surface area contributed by atoms with Crippen molar-refractivity contribution in [2.75, 3.05) is 19.8 Å². The largest absolute Gasteiger partial charge is 0.376 e. The monoisotopic (exact) mass is 338 g/mol. The van der Waals surface area contributed by atoms with E-state index in [0.29, 0.717) is 25.5 Å². The summed E-state index contributed by atoms with van der Waals surface area (Å²) in [7, 11) is 0. The third-order valence-electron chi connectivity index (χ3n) is 5.59. The van der Waals surface area contributed by atoms with Crippen LogP contribution in [0.1, 0.15) is 58.8 Å². The van der Waals surface area contributed by atoms with Crippen LogP contribution in [-0.4, -0.2) is 54.3 Å². The molecule has 2 aliphatic heterocycles. The second kappa shape index (κ2) is 7.40. The van der Waals surface area contributed by atoms with Gasteiger partial charge in [0.05, 0.1) is 12.7 Å². The molecule has 2 amide bonds. The van der Waals surface area contributed by atoms with Gasteiger partial charge in [0.1, 0.15) is 11.8 Å². The molecule has 1 aliphatic carbocycles. The van der Waals surface area contributed by atoms with E-state index in [2.05, 4.69) is 12.2 Å². The Hall–Kier alpha value is -1.14. The lowest BCUT2D eigenvalue weighted by atomic mass is 9.83. The molecule has 3 aliphatic rings. The lowest BCUT2D eigenvalue weighted by Crippen LogP contribution is -2.57. The van der Waals surface area contributed by atoms with Crippen LogP contribution in [-0.2, 0) is 19.1 Å². The number of carbonyl (C=O) groups is 2. The highest BCUT2D eigenvalue weighted by Gasteiger charge is 2.53. The molecule has 0 aromatic carbocycles. The van der Waals surface area contributed by atoms with E-state index in [-0.39, 0.29) is 17.9 Å². The number of ether oxygens (including phenoxy) is 2. The van der Waals surface area contributed by atoms with Gasteiger partial charge in [-0.15, -0.1) is 0 Å². The van der Waals surface area contributed by atoms with Gasteiger partial charge in [-0.2, -0.15) is 0 Å². The summed E-state index contributed by atoms with van der Waals surface area (Å²) < 4.78 is 11.7. The minimum Gasteiger partial charge on any atom is -0.376 e. The molecule has 0 aromatic rings. The standard InChI is InChI=1S/C18H30N2O4/c1-3-16(21)20-15(17(22)19-11-14-7-5-9-23-14)12-24-18(20)8-4-6-13(2)10-18/h13-15H,3-12H2,1-2H3,(H,19,22)/t13-,14-,15+,18-/m0/s1. The second-order valence-electron chi connectivity index (χ2n) is 7.47.